The van der Waals surface area contributed by atoms with Crippen LogP contribution in [0.2, 0.25) is 0 Å². The van der Waals surface area contributed by atoms with Gasteiger partial charge in [-0.1, -0.05) is 0 Å². The molecule has 4 heteroatoms. The zero-order valence-corrected chi connectivity index (χ0v) is 9.50. The van der Waals surface area contributed by atoms with Crippen LogP contribution in [0.5, 0.6) is 0 Å². The standard InChI is InChI=1S/C13H14N2O2/c1-2-13(17-7-1)11-3-4-14-10-12(11)15-5-8-16-9-6-15/h1-4,7,10H,5-6,8-9H2. The van der Waals surface area contributed by atoms with Crippen LogP contribution >= 0.6 is 0 Å². The van der Waals surface area contributed by atoms with E-state index in [9.17, 15) is 0 Å². The normalized spacial score (nSPS) is 16.1. The Balaban J connectivity index is 1.98. The van der Waals surface area contributed by atoms with Crippen LogP contribution in [0.15, 0.2) is 41.3 Å². The molecule has 3 heterocycles. The average Bonchev–Trinajstić information content (AvgIpc) is 2.94. The van der Waals surface area contributed by atoms with E-state index in [4.69, 9.17) is 9.15 Å². The molecule has 0 bridgehead atoms. The van der Waals surface area contributed by atoms with Crippen molar-refractivity contribution in [2.45, 2.75) is 0 Å². The fourth-order valence-electron chi connectivity index (χ4n) is 2.08. The van der Waals surface area contributed by atoms with Gasteiger partial charge in [0.2, 0.25) is 0 Å². The molecule has 88 valence electrons. The number of hydrogen-bond acceptors (Lipinski definition) is 4. The van der Waals surface area contributed by atoms with E-state index in [2.05, 4.69) is 9.88 Å². The van der Waals surface area contributed by atoms with Crippen molar-refractivity contribution in [1.82, 2.24) is 4.98 Å². The summed E-state index contributed by atoms with van der Waals surface area (Å²) in [4.78, 5) is 6.49. The Bertz CT molecular complexity index is 476. The monoisotopic (exact) mass is 230 g/mol. The van der Waals surface area contributed by atoms with Crippen LogP contribution in [0.1, 0.15) is 0 Å². The molecule has 2 aromatic heterocycles. The number of nitrogens with zero attached hydrogens (tertiary/aromatic N) is 2. The molecule has 0 spiro atoms. The minimum absolute atomic E-state index is 0.770. The Morgan fingerprint density at radius 2 is 2.06 bits per heavy atom. The first-order chi connectivity index (χ1) is 8.45. The topological polar surface area (TPSA) is 38.5 Å². The zero-order chi connectivity index (χ0) is 11.5. The van der Waals surface area contributed by atoms with Gasteiger partial charge in [-0.25, -0.2) is 0 Å². The van der Waals surface area contributed by atoms with Gasteiger partial charge in [0, 0.05) is 24.8 Å². The summed E-state index contributed by atoms with van der Waals surface area (Å²) in [7, 11) is 0. The summed E-state index contributed by atoms with van der Waals surface area (Å²) in [6.07, 6.45) is 5.38. The van der Waals surface area contributed by atoms with Crippen molar-refractivity contribution in [2.75, 3.05) is 31.2 Å². The highest BCUT2D eigenvalue weighted by atomic mass is 16.5. The van der Waals surface area contributed by atoms with Crippen molar-refractivity contribution in [3.8, 4) is 11.3 Å². The molecule has 1 aliphatic heterocycles. The summed E-state index contributed by atoms with van der Waals surface area (Å²) in [6.45, 7) is 3.35. The minimum atomic E-state index is 0.770. The maximum Gasteiger partial charge on any atom is 0.136 e. The van der Waals surface area contributed by atoms with Crippen LogP contribution in [0, 0.1) is 0 Å². The first-order valence-electron chi connectivity index (χ1n) is 5.76. The lowest BCUT2D eigenvalue weighted by Gasteiger charge is -2.29. The fourth-order valence-corrected chi connectivity index (χ4v) is 2.08. The summed E-state index contributed by atoms with van der Waals surface area (Å²) in [5.74, 6) is 0.883. The predicted octanol–water partition coefficient (Wildman–Crippen LogP) is 2.18. The van der Waals surface area contributed by atoms with Crippen LogP contribution in [0.3, 0.4) is 0 Å². The van der Waals surface area contributed by atoms with Crippen molar-refractivity contribution in [3.05, 3.63) is 36.9 Å². The van der Waals surface area contributed by atoms with Gasteiger partial charge in [-0.2, -0.15) is 0 Å². The highest BCUT2D eigenvalue weighted by molar-refractivity contribution is 5.74. The molecule has 2 aromatic rings. The maximum atomic E-state index is 5.47. The number of hydrogen-bond donors (Lipinski definition) is 0. The van der Waals surface area contributed by atoms with E-state index in [1.807, 2.05) is 24.4 Å². The second kappa shape index (κ2) is 4.59. The Labute approximate surface area is 99.8 Å². The van der Waals surface area contributed by atoms with Gasteiger partial charge in [0.25, 0.3) is 0 Å². The van der Waals surface area contributed by atoms with Gasteiger partial charge in [-0.05, 0) is 18.2 Å². The maximum absolute atomic E-state index is 5.47. The van der Waals surface area contributed by atoms with Crippen LogP contribution < -0.4 is 4.90 Å². The molecule has 0 saturated carbocycles. The Morgan fingerprint density at radius 3 is 2.82 bits per heavy atom. The first kappa shape index (κ1) is 10.4. The lowest BCUT2D eigenvalue weighted by atomic mass is 10.1. The first-order valence-corrected chi connectivity index (χ1v) is 5.76. The average molecular weight is 230 g/mol. The van der Waals surface area contributed by atoms with Gasteiger partial charge in [-0.3, -0.25) is 4.98 Å². The zero-order valence-electron chi connectivity index (χ0n) is 9.50. The van der Waals surface area contributed by atoms with Gasteiger partial charge in [0.15, 0.2) is 0 Å². The highest BCUT2D eigenvalue weighted by Crippen LogP contribution is 2.30. The molecular weight excluding hydrogens is 216 g/mol. The third-order valence-electron chi connectivity index (χ3n) is 2.94. The lowest BCUT2D eigenvalue weighted by Crippen LogP contribution is -2.36. The summed E-state index contributed by atoms with van der Waals surface area (Å²) >= 11 is 0. The molecule has 0 atom stereocenters. The third-order valence-corrected chi connectivity index (χ3v) is 2.94. The van der Waals surface area contributed by atoms with Crippen molar-refractivity contribution in [1.29, 1.82) is 0 Å². The van der Waals surface area contributed by atoms with E-state index in [0.717, 1.165) is 43.3 Å². The highest BCUT2D eigenvalue weighted by Gasteiger charge is 2.16. The molecule has 0 N–H and O–H groups in total. The van der Waals surface area contributed by atoms with Crippen molar-refractivity contribution < 1.29 is 9.15 Å². The predicted molar refractivity (Wildman–Crippen MR) is 65.0 cm³/mol. The van der Waals surface area contributed by atoms with E-state index >= 15 is 0 Å². The van der Waals surface area contributed by atoms with E-state index in [1.165, 1.54) is 0 Å². The minimum Gasteiger partial charge on any atom is -0.464 e. The van der Waals surface area contributed by atoms with Gasteiger partial charge in [-0.15, -0.1) is 0 Å². The molecule has 17 heavy (non-hydrogen) atoms. The van der Waals surface area contributed by atoms with E-state index in [0.29, 0.717) is 0 Å². The Kier molecular flexibility index (Phi) is 2.80. The third kappa shape index (κ3) is 2.03. The van der Waals surface area contributed by atoms with Crippen molar-refractivity contribution >= 4 is 5.69 Å². The second-order valence-electron chi connectivity index (χ2n) is 3.97. The van der Waals surface area contributed by atoms with E-state index < -0.39 is 0 Å². The van der Waals surface area contributed by atoms with Gasteiger partial charge < -0.3 is 14.1 Å². The molecule has 1 saturated heterocycles. The number of ether oxygens (including phenoxy) is 1. The van der Waals surface area contributed by atoms with E-state index in [-0.39, 0.29) is 0 Å². The molecule has 0 radical (unpaired) electrons. The quantitative estimate of drug-likeness (QED) is 0.792. The molecule has 0 amide bonds. The molecule has 0 aromatic carbocycles. The van der Waals surface area contributed by atoms with Crippen molar-refractivity contribution in [2.24, 2.45) is 0 Å². The molecule has 0 aliphatic carbocycles. The Morgan fingerprint density at radius 1 is 1.18 bits per heavy atom. The summed E-state index contributed by atoms with van der Waals surface area (Å²) < 4.78 is 10.8. The largest absolute Gasteiger partial charge is 0.464 e. The smallest absolute Gasteiger partial charge is 0.136 e. The SMILES string of the molecule is c1coc(-c2ccncc2N2CCOCC2)c1. The fraction of sp³-hybridized carbons (Fsp3) is 0.308. The number of aromatic nitrogens is 1. The summed E-state index contributed by atoms with van der Waals surface area (Å²) in [5, 5.41) is 0. The second-order valence-corrected chi connectivity index (χ2v) is 3.97. The number of anilines is 1. The molecular formula is C13H14N2O2. The van der Waals surface area contributed by atoms with Gasteiger partial charge in [0.1, 0.15) is 5.76 Å². The summed E-state index contributed by atoms with van der Waals surface area (Å²) in [6, 6.07) is 5.86. The van der Waals surface area contributed by atoms with Crippen LogP contribution in [0.25, 0.3) is 11.3 Å². The number of furan rings is 1. The molecule has 1 fully saturated rings. The number of rotatable bonds is 2. The number of morpholine rings is 1. The van der Waals surface area contributed by atoms with E-state index in [1.54, 1.807) is 12.5 Å². The number of pyridine rings is 1. The van der Waals surface area contributed by atoms with Gasteiger partial charge in [0.05, 0.1) is 31.4 Å². The molecule has 1 aliphatic rings. The van der Waals surface area contributed by atoms with Crippen LogP contribution in [-0.4, -0.2) is 31.3 Å². The van der Waals surface area contributed by atoms with Crippen LogP contribution in [0.4, 0.5) is 5.69 Å². The molecule has 4 nitrogen and oxygen atoms in total. The summed E-state index contributed by atoms with van der Waals surface area (Å²) in [5.41, 5.74) is 2.21. The Hall–Kier alpha value is -1.81. The van der Waals surface area contributed by atoms with Gasteiger partial charge >= 0.3 is 0 Å². The molecule has 3 rings (SSSR count). The molecule has 0 unspecified atom stereocenters. The van der Waals surface area contributed by atoms with Crippen LogP contribution in [-0.2, 0) is 4.74 Å². The van der Waals surface area contributed by atoms with Crippen molar-refractivity contribution in [3.63, 3.8) is 0 Å². The lowest BCUT2D eigenvalue weighted by molar-refractivity contribution is 0.122.